The fourth-order valence-corrected chi connectivity index (χ4v) is 2.88. The van der Waals surface area contributed by atoms with E-state index in [4.69, 9.17) is 0 Å². The molecule has 1 aliphatic carbocycles. The third kappa shape index (κ3) is 2.66. The van der Waals surface area contributed by atoms with Crippen molar-refractivity contribution in [2.24, 2.45) is 11.0 Å². The van der Waals surface area contributed by atoms with E-state index in [0.717, 1.165) is 55.0 Å². The molecule has 1 unspecified atom stereocenters. The van der Waals surface area contributed by atoms with Crippen molar-refractivity contribution in [1.82, 2.24) is 0 Å². The van der Waals surface area contributed by atoms with Gasteiger partial charge in [0.25, 0.3) is 5.91 Å². The summed E-state index contributed by atoms with van der Waals surface area (Å²) in [6, 6.07) is 4.77. The quantitative estimate of drug-likeness (QED) is 0.771. The molecule has 0 N–H and O–H groups in total. The Balaban J connectivity index is 1.93. The molecule has 112 valence electrons. The number of anilines is 1. The lowest BCUT2D eigenvalue weighted by Gasteiger charge is -2.16. The van der Waals surface area contributed by atoms with Gasteiger partial charge < -0.3 is 0 Å². The first-order chi connectivity index (χ1) is 9.97. The Morgan fingerprint density at radius 2 is 2.00 bits per heavy atom. The summed E-state index contributed by atoms with van der Waals surface area (Å²) >= 11 is 0. The molecule has 0 saturated heterocycles. The van der Waals surface area contributed by atoms with Crippen molar-refractivity contribution in [3.63, 3.8) is 0 Å². The zero-order valence-electron chi connectivity index (χ0n) is 11.4. The van der Waals surface area contributed by atoms with Gasteiger partial charge in [0.05, 0.1) is 22.9 Å². The van der Waals surface area contributed by atoms with Crippen LogP contribution in [-0.4, -0.2) is 11.6 Å². The molecular formula is C15H15F3N2O. The Morgan fingerprint density at radius 1 is 1.19 bits per heavy atom. The number of carbonyl (C=O) groups excluding carboxylic acids is 1. The number of alkyl halides is 3. The highest BCUT2D eigenvalue weighted by molar-refractivity contribution is 6.15. The number of carbonyl (C=O) groups is 1. The normalized spacial score (nSPS) is 22.8. The van der Waals surface area contributed by atoms with E-state index in [1.807, 2.05) is 0 Å². The molecule has 0 spiro atoms. The Labute approximate surface area is 120 Å². The SMILES string of the molecule is O=C1C2CCCCCC2=NN1c1cccc(C(F)(F)F)c1. The van der Waals surface area contributed by atoms with Crippen LogP contribution >= 0.6 is 0 Å². The minimum atomic E-state index is -4.42. The van der Waals surface area contributed by atoms with Gasteiger partial charge in [0.1, 0.15) is 0 Å². The third-order valence-electron chi connectivity index (χ3n) is 3.98. The van der Waals surface area contributed by atoms with Gasteiger partial charge in [-0.05, 0) is 37.5 Å². The van der Waals surface area contributed by atoms with E-state index in [1.165, 1.54) is 12.1 Å². The fourth-order valence-electron chi connectivity index (χ4n) is 2.88. The van der Waals surface area contributed by atoms with E-state index in [-0.39, 0.29) is 17.5 Å². The number of rotatable bonds is 1. The molecule has 0 radical (unpaired) electrons. The average Bonchev–Trinajstić information content (AvgIpc) is 2.63. The molecule has 1 fully saturated rings. The minimum absolute atomic E-state index is 0.190. The number of hydrazone groups is 1. The van der Waals surface area contributed by atoms with Gasteiger partial charge in [-0.3, -0.25) is 4.79 Å². The molecular weight excluding hydrogens is 281 g/mol. The summed E-state index contributed by atoms with van der Waals surface area (Å²) in [5.41, 5.74) is 0.241. The highest BCUT2D eigenvalue weighted by Gasteiger charge is 2.38. The topological polar surface area (TPSA) is 32.7 Å². The van der Waals surface area contributed by atoms with Crippen molar-refractivity contribution >= 4 is 17.3 Å². The monoisotopic (exact) mass is 296 g/mol. The van der Waals surface area contributed by atoms with Crippen LogP contribution in [-0.2, 0) is 11.0 Å². The molecule has 1 aliphatic heterocycles. The number of halogens is 3. The van der Waals surface area contributed by atoms with Crippen LogP contribution in [0, 0.1) is 5.92 Å². The Bertz CT molecular complexity index is 595. The predicted molar refractivity (Wildman–Crippen MR) is 72.9 cm³/mol. The van der Waals surface area contributed by atoms with Crippen LogP contribution in [0.15, 0.2) is 29.4 Å². The van der Waals surface area contributed by atoms with Crippen LogP contribution in [0.25, 0.3) is 0 Å². The van der Waals surface area contributed by atoms with Crippen LogP contribution in [0.3, 0.4) is 0 Å². The average molecular weight is 296 g/mol. The van der Waals surface area contributed by atoms with Crippen LogP contribution in [0.2, 0.25) is 0 Å². The van der Waals surface area contributed by atoms with E-state index in [0.29, 0.717) is 0 Å². The summed E-state index contributed by atoms with van der Waals surface area (Å²) in [6.45, 7) is 0. The zero-order valence-corrected chi connectivity index (χ0v) is 11.4. The molecule has 3 rings (SSSR count). The number of benzene rings is 1. The van der Waals surface area contributed by atoms with Gasteiger partial charge in [-0.1, -0.05) is 18.9 Å². The zero-order chi connectivity index (χ0) is 15.0. The molecule has 0 bridgehead atoms. The molecule has 1 heterocycles. The lowest BCUT2D eigenvalue weighted by atomic mass is 9.98. The van der Waals surface area contributed by atoms with Crippen LogP contribution < -0.4 is 5.01 Å². The van der Waals surface area contributed by atoms with E-state index in [1.54, 1.807) is 0 Å². The van der Waals surface area contributed by atoms with E-state index in [9.17, 15) is 18.0 Å². The van der Waals surface area contributed by atoms with Crippen molar-refractivity contribution in [2.75, 3.05) is 5.01 Å². The number of fused-ring (bicyclic) bond motifs is 1. The molecule has 1 saturated carbocycles. The van der Waals surface area contributed by atoms with Gasteiger partial charge in [0, 0.05) is 0 Å². The first-order valence-corrected chi connectivity index (χ1v) is 7.05. The first-order valence-electron chi connectivity index (χ1n) is 7.05. The van der Waals surface area contributed by atoms with Gasteiger partial charge in [0.15, 0.2) is 0 Å². The number of hydrogen-bond donors (Lipinski definition) is 0. The van der Waals surface area contributed by atoms with Gasteiger partial charge in [-0.2, -0.15) is 18.3 Å². The maximum Gasteiger partial charge on any atom is 0.416 e. The second-order valence-corrected chi connectivity index (χ2v) is 5.44. The van der Waals surface area contributed by atoms with Gasteiger partial charge in [-0.25, -0.2) is 5.01 Å². The van der Waals surface area contributed by atoms with Crippen molar-refractivity contribution in [3.8, 4) is 0 Å². The third-order valence-corrected chi connectivity index (χ3v) is 3.98. The van der Waals surface area contributed by atoms with Gasteiger partial charge in [-0.15, -0.1) is 0 Å². The summed E-state index contributed by atoms with van der Waals surface area (Å²) < 4.78 is 38.3. The lowest BCUT2D eigenvalue weighted by Crippen LogP contribution is -2.27. The molecule has 3 nitrogen and oxygen atoms in total. The van der Waals surface area contributed by atoms with Gasteiger partial charge >= 0.3 is 6.18 Å². The largest absolute Gasteiger partial charge is 0.416 e. The highest BCUT2D eigenvalue weighted by Crippen LogP contribution is 2.35. The maximum atomic E-state index is 12.8. The molecule has 1 amide bonds. The highest BCUT2D eigenvalue weighted by atomic mass is 19.4. The molecule has 1 atom stereocenters. The standard InChI is InChI=1S/C15H15F3N2O/c16-15(17,18)10-5-4-6-11(9-10)20-14(21)12-7-2-1-3-8-13(12)19-20/h4-6,9,12H,1-3,7-8H2. The Kier molecular flexibility index (Phi) is 3.47. The van der Waals surface area contributed by atoms with Crippen LogP contribution in [0.5, 0.6) is 0 Å². The first kappa shape index (κ1) is 14.1. The Hall–Kier alpha value is -1.85. The maximum absolute atomic E-state index is 12.8. The smallest absolute Gasteiger partial charge is 0.272 e. The van der Waals surface area contributed by atoms with Crippen LogP contribution in [0.1, 0.15) is 37.7 Å². The summed E-state index contributed by atoms with van der Waals surface area (Å²) in [7, 11) is 0. The minimum Gasteiger partial charge on any atom is -0.272 e. The summed E-state index contributed by atoms with van der Waals surface area (Å²) in [5, 5.41) is 5.42. The Morgan fingerprint density at radius 3 is 2.76 bits per heavy atom. The lowest BCUT2D eigenvalue weighted by molar-refractivity contribution is -0.137. The van der Waals surface area contributed by atoms with Crippen molar-refractivity contribution in [2.45, 2.75) is 38.3 Å². The van der Waals surface area contributed by atoms with Crippen molar-refractivity contribution in [1.29, 1.82) is 0 Å². The van der Waals surface area contributed by atoms with Crippen LogP contribution in [0.4, 0.5) is 18.9 Å². The molecule has 2 aliphatic rings. The van der Waals surface area contributed by atoms with E-state index < -0.39 is 11.7 Å². The second-order valence-electron chi connectivity index (χ2n) is 5.44. The summed E-state index contributed by atoms with van der Waals surface area (Å²) in [4.78, 5) is 12.4. The van der Waals surface area contributed by atoms with Gasteiger partial charge in [0.2, 0.25) is 0 Å². The number of hydrogen-bond acceptors (Lipinski definition) is 2. The molecule has 1 aromatic rings. The number of nitrogens with zero attached hydrogens (tertiary/aromatic N) is 2. The van der Waals surface area contributed by atoms with Crippen molar-refractivity contribution in [3.05, 3.63) is 29.8 Å². The predicted octanol–water partition coefficient (Wildman–Crippen LogP) is 3.99. The molecule has 0 aromatic heterocycles. The second kappa shape index (κ2) is 5.16. The van der Waals surface area contributed by atoms with E-state index in [2.05, 4.69) is 5.10 Å². The molecule has 21 heavy (non-hydrogen) atoms. The van der Waals surface area contributed by atoms with E-state index >= 15 is 0 Å². The summed E-state index contributed by atoms with van der Waals surface area (Å²) in [5.74, 6) is -0.451. The number of amides is 1. The molecule has 1 aromatic carbocycles. The fraction of sp³-hybridized carbons (Fsp3) is 0.467. The molecule has 6 heteroatoms. The van der Waals surface area contributed by atoms with Crippen molar-refractivity contribution < 1.29 is 18.0 Å². The summed E-state index contributed by atoms with van der Waals surface area (Å²) in [6.07, 6.45) is 0.104.